The van der Waals surface area contributed by atoms with Crippen LogP contribution in [0, 0.1) is 0 Å². The summed E-state index contributed by atoms with van der Waals surface area (Å²) >= 11 is 0. The number of hydrogen-bond acceptors (Lipinski definition) is 7. The van der Waals surface area contributed by atoms with E-state index in [1.54, 1.807) is 91.0 Å². The molecule has 4 aromatic carbocycles. The first-order chi connectivity index (χ1) is 19.4. The molecule has 2 atom stereocenters. The minimum atomic E-state index is -1.13. The molecule has 4 rings (SSSR count). The van der Waals surface area contributed by atoms with Crippen LogP contribution in [0.3, 0.4) is 0 Å². The first kappa shape index (κ1) is 27.5. The van der Waals surface area contributed by atoms with E-state index in [-0.39, 0.29) is 11.3 Å². The van der Waals surface area contributed by atoms with Crippen LogP contribution in [0.2, 0.25) is 0 Å². The quantitative estimate of drug-likeness (QED) is 0.169. The highest BCUT2D eigenvalue weighted by atomic mass is 16.6. The molecule has 40 heavy (non-hydrogen) atoms. The number of phenolic OH excluding ortho intramolecular Hbond substituents is 1. The smallest absolute Gasteiger partial charge is 0.414 e. The maximum absolute atomic E-state index is 12.9. The van der Waals surface area contributed by atoms with Crippen molar-refractivity contribution in [2.75, 3.05) is 11.1 Å². The second-order valence-corrected chi connectivity index (χ2v) is 8.57. The molecule has 9 nitrogen and oxygen atoms in total. The summed E-state index contributed by atoms with van der Waals surface area (Å²) in [6.45, 7) is 0. The third-order valence-corrected chi connectivity index (χ3v) is 5.68. The van der Waals surface area contributed by atoms with Crippen LogP contribution in [0.4, 0.5) is 16.2 Å². The number of phenols is 1. The largest absolute Gasteiger partial charge is 0.508 e. The van der Waals surface area contributed by atoms with Crippen molar-refractivity contribution in [1.29, 1.82) is 0 Å². The zero-order valence-corrected chi connectivity index (χ0v) is 21.3. The molecule has 0 aliphatic rings. The number of nitrogens with one attached hydrogen (secondary N) is 2. The van der Waals surface area contributed by atoms with Crippen molar-refractivity contribution < 1.29 is 29.0 Å². The zero-order chi connectivity index (χ0) is 28.3. The molecule has 0 unspecified atom stereocenters. The lowest BCUT2D eigenvalue weighted by molar-refractivity contribution is -0.112. The number of alkyl carbamates (subject to hydrolysis) is 1. The highest BCUT2D eigenvalue weighted by molar-refractivity contribution is 6.03. The van der Waals surface area contributed by atoms with Crippen LogP contribution in [0.1, 0.15) is 22.0 Å². The standard InChI is InChI=1S/C31H27N3O6/c32-25-13-7-8-14-26(25)33-28(36)20-19-27(39-24-11-5-2-6-12-24)29(21-15-17-23(35)18-16-21)40-31(38)34-30(37)22-9-3-1-4-10-22/h1-20,27,29,35H,32H2,(H,33,36)(H,34,37,38)/b20-19+/t27-,29-/m0/s1. The number of amides is 3. The maximum atomic E-state index is 12.9. The van der Waals surface area contributed by atoms with Gasteiger partial charge < -0.3 is 25.6 Å². The number of anilines is 2. The van der Waals surface area contributed by atoms with Gasteiger partial charge in [-0.1, -0.05) is 60.7 Å². The summed E-state index contributed by atoms with van der Waals surface area (Å²) in [5, 5.41) is 14.7. The van der Waals surface area contributed by atoms with Gasteiger partial charge >= 0.3 is 6.09 Å². The normalized spacial score (nSPS) is 12.2. The summed E-state index contributed by atoms with van der Waals surface area (Å²) in [5.41, 5.74) is 7.47. The van der Waals surface area contributed by atoms with E-state index < -0.39 is 30.1 Å². The summed E-state index contributed by atoms with van der Waals surface area (Å²) < 4.78 is 11.8. The van der Waals surface area contributed by atoms with Crippen LogP contribution in [0.25, 0.3) is 0 Å². The minimum absolute atomic E-state index is 0.00195. The average molecular weight is 538 g/mol. The van der Waals surface area contributed by atoms with E-state index in [2.05, 4.69) is 10.6 Å². The van der Waals surface area contributed by atoms with Crippen molar-refractivity contribution >= 4 is 29.3 Å². The Morgan fingerprint density at radius 3 is 2.10 bits per heavy atom. The van der Waals surface area contributed by atoms with E-state index in [4.69, 9.17) is 15.2 Å². The predicted octanol–water partition coefficient (Wildman–Crippen LogP) is 5.22. The molecule has 4 aromatic rings. The molecular weight excluding hydrogens is 510 g/mol. The van der Waals surface area contributed by atoms with E-state index in [1.807, 2.05) is 6.07 Å². The summed E-state index contributed by atoms with van der Waals surface area (Å²) in [7, 11) is 0. The van der Waals surface area contributed by atoms with E-state index in [1.165, 1.54) is 24.3 Å². The Morgan fingerprint density at radius 1 is 0.800 bits per heavy atom. The number of para-hydroxylation sites is 3. The van der Waals surface area contributed by atoms with E-state index >= 15 is 0 Å². The Balaban J connectivity index is 1.61. The van der Waals surface area contributed by atoms with Crippen LogP contribution >= 0.6 is 0 Å². The van der Waals surface area contributed by atoms with E-state index in [9.17, 15) is 19.5 Å². The van der Waals surface area contributed by atoms with Crippen molar-refractivity contribution in [2.24, 2.45) is 0 Å². The Kier molecular flexibility index (Phi) is 9.13. The van der Waals surface area contributed by atoms with Gasteiger partial charge in [-0.2, -0.15) is 0 Å². The fraction of sp³-hybridized carbons (Fsp3) is 0.0645. The Bertz CT molecular complexity index is 1470. The van der Waals surface area contributed by atoms with Gasteiger partial charge in [0.05, 0.1) is 11.4 Å². The van der Waals surface area contributed by atoms with Crippen LogP contribution in [0.15, 0.2) is 121 Å². The van der Waals surface area contributed by atoms with Gasteiger partial charge in [-0.3, -0.25) is 14.9 Å². The third kappa shape index (κ3) is 7.72. The predicted molar refractivity (Wildman–Crippen MR) is 151 cm³/mol. The number of rotatable bonds is 9. The second-order valence-electron chi connectivity index (χ2n) is 8.57. The summed E-state index contributed by atoms with van der Waals surface area (Å²) in [6.07, 6.45) is -0.503. The van der Waals surface area contributed by atoms with Crippen LogP contribution in [-0.2, 0) is 9.53 Å². The second kappa shape index (κ2) is 13.3. The number of carbonyl (C=O) groups excluding carboxylic acids is 3. The van der Waals surface area contributed by atoms with Crippen molar-refractivity contribution in [3.05, 3.63) is 132 Å². The van der Waals surface area contributed by atoms with Gasteiger partial charge in [-0.05, 0) is 60.2 Å². The van der Waals surface area contributed by atoms with Crippen molar-refractivity contribution in [1.82, 2.24) is 5.32 Å². The van der Waals surface area contributed by atoms with Gasteiger partial charge in [-0.25, -0.2) is 4.79 Å². The average Bonchev–Trinajstić information content (AvgIpc) is 2.97. The van der Waals surface area contributed by atoms with Gasteiger partial charge in [0.15, 0.2) is 12.2 Å². The fourth-order valence-electron chi connectivity index (χ4n) is 3.71. The molecule has 3 amide bonds. The SMILES string of the molecule is Nc1ccccc1NC(=O)/C=C/[C@H](Oc1ccccc1)[C@@H](OC(=O)NC(=O)c1ccccc1)c1ccc(O)cc1. The molecule has 5 N–H and O–H groups in total. The number of benzene rings is 4. The number of aromatic hydroxyl groups is 1. The van der Waals surface area contributed by atoms with E-state index in [0.717, 1.165) is 0 Å². The molecule has 0 heterocycles. The number of carbonyl (C=O) groups is 3. The Hall–Kier alpha value is -5.57. The topological polar surface area (TPSA) is 140 Å². The molecule has 0 saturated carbocycles. The number of imide groups is 1. The van der Waals surface area contributed by atoms with Crippen LogP contribution < -0.4 is 21.1 Å². The Morgan fingerprint density at radius 2 is 1.43 bits per heavy atom. The first-order valence-corrected chi connectivity index (χ1v) is 12.3. The van der Waals surface area contributed by atoms with Gasteiger partial charge in [0, 0.05) is 11.6 Å². The molecule has 0 bridgehead atoms. The summed E-state index contributed by atoms with van der Waals surface area (Å²) in [6, 6.07) is 29.7. The lowest BCUT2D eigenvalue weighted by Gasteiger charge is -2.26. The molecule has 0 aliphatic carbocycles. The highest BCUT2D eigenvalue weighted by Crippen LogP contribution is 2.28. The lowest BCUT2D eigenvalue weighted by atomic mass is 10.0. The zero-order valence-electron chi connectivity index (χ0n) is 21.3. The van der Waals surface area contributed by atoms with Gasteiger partial charge in [0.2, 0.25) is 5.91 Å². The van der Waals surface area contributed by atoms with Crippen LogP contribution in [0.5, 0.6) is 11.5 Å². The third-order valence-electron chi connectivity index (χ3n) is 5.68. The molecule has 9 heteroatoms. The molecule has 0 fully saturated rings. The summed E-state index contributed by atoms with van der Waals surface area (Å²) in [4.78, 5) is 38.2. The van der Waals surface area contributed by atoms with Gasteiger partial charge in [0.1, 0.15) is 11.5 Å². The number of ether oxygens (including phenoxy) is 2. The molecule has 0 aliphatic heterocycles. The first-order valence-electron chi connectivity index (χ1n) is 12.3. The maximum Gasteiger partial charge on any atom is 0.414 e. The number of hydrogen-bond donors (Lipinski definition) is 4. The molecule has 202 valence electrons. The molecule has 0 spiro atoms. The van der Waals surface area contributed by atoms with Crippen molar-refractivity contribution in [3.63, 3.8) is 0 Å². The minimum Gasteiger partial charge on any atom is -0.508 e. The van der Waals surface area contributed by atoms with Gasteiger partial charge in [0.25, 0.3) is 5.91 Å². The monoisotopic (exact) mass is 537 g/mol. The van der Waals surface area contributed by atoms with Crippen molar-refractivity contribution in [3.8, 4) is 11.5 Å². The van der Waals surface area contributed by atoms with Crippen LogP contribution in [-0.4, -0.2) is 29.1 Å². The van der Waals surface area contributed by atoms with Gasteiger partial charge in [-0.15, -0.1) is 0 Å². The Labute approximate surface area is 230 Å². The summed E-state index contributed by atoms with van der Waals surface area (Å²) in [5.74, 6) is -0.696. The van der Waals surface area contributed by atoms with Crippen molar-refractivity contribution in [2.45, 2.75) is 12.2 Å². The molecule has 0 aromatic heterocycles. The molecule has 0 radical (unpaired) electrons. The number of nitrogens with two attached hydrogens (primary N) is 1. The molecule has 0 saturated heterocycles. The fourth-order valence-corrected chi connectivity index (χ4v) is 3.71. The highest BCUT2D eigenvalue weighted by Gasteiger charge is 2.28. The molecular formula is C31H27N3O6. The lowest BCUT2D eigenvalue weighted by Crippen LogP contribution is -2.36. The number of nitrogen functional groups attached to an aromatic ring is 1. The van der Waals surface area contributed by atoms with E-state index in [0.29, 0.717) is 22.7 Å².